The fraction of sp³-hybridized carbons (Fsp3) is 0.143. The molecule has 3 rings (SSSR count). The van der Waals surface area contributed by atoms with Crippen LogP contribution in [0.2, 0.25) is 0 Å². The number of ether oxygens (including phenoxy) is 1. The number of hydrogen-bond acceptors (Lipinski definition) is 4. The molecule has 0 unspecified atom stereocenters. The molecule has 4 nitrogen and oxygen atoms in total. The minimum absolute atomic E-state index is 0.485. The van der Waals surface area contributed by atoms with Gasteiger partial charge in [0, 0.05) is 18.8 Å². The molecule has 2 aromatic carbocycles. The van der Waals surface area contributed by atoms with E-state index >= 15 is 0 Å². The van der Waals surface area contributed by atoms with Gasteiger partial charge in [0.15, 0.2) is 0 Å². The number of halogens is 1. The second-order valence-corrected chi connectivity index (χ2v) is 6.94. The normalized spacial score (nSPS) is 10.3. The van der Waals surface area contributed by atoms with Gasteiger partial charge in [-0.05, 0) is 64.9 Å². The van der Waals surface area contributed by atoms with Crippen molar-refractivity contribution in [3.05, 3.63) is 87.1 Å². The van der Waals surface area contributed by atoms with Crippen LogP contribution >= 0.6 is 22.6 Å². The third-order valence-corrected chi connectivity index (χ3v) is 4.68. The molecule has 1 aromatic heterocycles. The van der Waals surface area contributed by atoms with Gasteiger partial charge in [0.05, 0.1) is 9.13 Å². The van der Waals surface area contributed by atoms with Crippen LogP contribution in [-0.4, -0.2) is 11.5 Å². The standard InChI is InChI=1S/C21H18IN3O/c22-19-12-16(10-11-24-14-17-4-2-1-3-5-17)6-8-20(19)26-21-9-7-18(13-23)15-25-21/h1-9,12,15,24H,10-11,14H2. The van der Waals surface area contributed by atoms with E-state index in [1.165, 1.54) is 17.3 Å². The second-order valence-electron chi connectivity index (χ2n) is 5.78. The molecule has 0 radical (unpaired) electrons. The highest BCUT2D eigenvalue weighted by Gasteiger charge is 2.05. The Labute approximate surface area is 167 Å². The van der Waals surface area contributed by atoms with Gasteiger partial charge in [-0.25, -0.2) is 4.98 Å². The summed E-state index contributed by atoms with van der Waals surface area (Å²) in [5, 5.41) is 12.3. The van der Waals surface area contributed by atoms with Gasteiger partial charge in [-0.3, -0.25) is 0 Å². The maximum atomic E-state index is 8.81. The first-order valence-corrected chi connectivity index (χ1v) is 9.39. The third kappa shape index (κ3) is 5.28. The molecule has 26 heavy (non-hydrogen) atoms. The van der Waals surface area contributed by atoms with E-state index in [1.54, 1.807) is 12.1 Å². The first-order valence-electron chi connectivity index (χ1n) is 8.31. The van der Waals surface area contributed by atoms with Gasteiger partial charge in [-0.1, -0.05) is 36.4 Å². The number of nitriles is 1. The molecule has 0 spiro atoms. The van der Waals surface area contributed by atoms with E-state index in [0.717, 1.165) is 28.8 Å². The van der Waals surface area contributed by atoms with Crippen molar-refractivity contribution in [3.63, 3.8) is 0 Å². The Morgan fingerprint density at radius 1 is 1.04 bits per heavy atom. The number of hydrogen-bond donors (Lipinski definition) is 1. The van der Waals surface area contributed by atoms with Crippen molar-refractivity contribution < 1.29 is 4.74 Å². The average Bonchev–Trinajstić information content (AvgIpc) is 2.68. The lowest BCUT2D eigenvalue weighted by Gasteiger charge is -2.09. The average molecular weight is 455 g/mol. The monoisotopic (exact) mass is 455 g/mol. The summed E-state index contributed by atoms with van der Waals surface area (Å²) in [6.45, 7) is 1.80. The third-order valence-electron chi connectivity index (χ3n) is 3.84. The number of rotatable bonds is 7. The summed E-state index contributed by atoms with van der Waals surface area (Å²) in [4.78, 5) is 4.14. The van der Waals surface area contributed by atoms with E-state index in [2.05, 4.69) is 69.3 Å². The van der Waals surface area contributed by atoms with E-state index in [9.17, 15) is 0 Å². The highest BCUT2D eigenvalue weighted by atomic mass is 127. The minimum atomic E-state index is 0.485. The van der Waals surface area contributed by atoms with Gasteiger partial charge < -0.3 is 10.1 Å². The van der Waals surface area contributed by atoms with Crippen molar-refractivity contribution in [2.75, 3.05) is 6.54 Å². The summed E-state index contributed by atoms with van der Waals surface area (Å²) in [5.74, 6) is 1.25. The van der Waals surface area contributed by atoms with E-state index in [1.807, 2.05) is 18.2 Å². The number of benzene rings is 2. The lowest BCUT2D eigenvalue weighted by Crippen LogP contribution is -2.16. The molecule has 3 aromatic rings. The molecule has 0 aliphatic carbocycles. The van der Waals surface area contributed by atoms with Crippen LogP contribution < -0.4 is 10.1 Å². The van der Waals surface area contributed by atoms with Crippen LogP contribution in [0, 0.1) is 14.9 Å². The van der Waals surface area contributed by atoms with Crippen LogP contribution in [0.25, 0.3) is 0 Å². The fourth-order valence-electron chi connectivity index (χ4n) is 2.46. The highest BCUT2D eigenvalue weighted by Crippen LogP contribution is 2.26. The van der Waals surface area contributed by atoms with Crippen molar-refractivity contribution in [1.82, 2.24) is 10.3 Å². The maximum absolute atomic E-state index is 8.81. The van der Waals surface area contributed by atoms with Crippen LogP contribution in [0.3, 0.4) is 0 Å². The molecule has 5 heteroatoms. The van der Waals surface area contributed by atoms with Crippen LogP contribution in [0.1, 0.15) is 16.7 Å². The Morgan fingerprint density at radius 2 is 1.88 bits per heavy atom. The lowest BCUT2D eigenvalue weighted by molar-refractivity contribution is 0.459. The number of nitrogens with zero attached hydrogens (tertiary/aromatic N) is 2. The molecule has 0 aliphatic rings. The van der Waals surface area contributed by atoms with Gasteiger partial charge >= 0.3 is 0 Å². The Balaban J connectivity index is 1.52. The van der Waals surface area contributed by atoms with E-state index in [4.69, 9.17) is 10.00 Å². The minimum Gasteiger partial charge on any atom is -0.438 e. The van der Waals surface area contributed by atoms with Crippen molar-refractivity contribution in [3.8, 4) is 17.7 Å². The number of aromatic nitrogens is 1. The zero-order valence-electron chi connectivity index (χ0n) is 14.2. The van der Waals surface area contributed by atoms with E-state index < -0.39 is 0 Å². The first kappa shape index (κ1) is 18.4. The summed E-state index contributed by atoms with van der Waals surface area (Å²) >= 11 is 2.27. The molecular formula is C21H18IN3O. The second kappa shape index (κ2) is 9.32. The molecule has 0 bridgehead atoms. The Morgan fingerprint density at radius 3 is 2.58 bits per heavy atom. The quantitative estimate of drug-likeness (QED) is 0.415. The molecule has 1 N–H and O–H groups in total. The van der Waals surface area contributed by atoms with Crippen LogP contribution in [0.5, 0.6) is 11.6 Å². The summed E-state index contributed by atoms with van der Waals surface area (Å²) in [6.07, 6.45) is 2.47. The number of nitrogens with one attached hydrogen (secondary N) is 1. The van der Waals surface area contributed by atoms with Crippen LogP contribution in [0.15, 0.2) is 66.9 Å². The topological polar surface area (TPSA) is 57.9 Å². The van der Waals surface area contributed by atoms with Gasteiger partial charge in [0.2, 0.25) is 5.88 Å². The lowest BCUT2D eigenvalue weighted by atomic mass is 10.1. The Hall–Kier alpha value is -2.43. The molecule has 130 valence electrons. The largest absolute Gasteiger partial charge is 0.438 e. The fourth-order valence-corrected chi connectivity index (χ4v) is 3.15. The Bertz CT molecular complexity index is 889. The van der Waals surface area contributed by atoms with Crippen molar-refractivity contribution in [2.45, 2.75) is 13.0 Å². The first-order chi connectivity index (χ1) is 12.7. The zero-order valence-corrected chi connectivity index (χ0v) is 16.3. The van der Waals surface area contributed by atoms with Gasteiger partial charge in [-0.15, -0.1) is 0 Å². The molecule has 0 saturated heterocycles. The zero-order chi connectivity index (χ0) is 18.2. The highest BCUT2D eigenvalue weighted by molar-refractivity contribution is 14.1. The van der Waals surface area contributed by atoms with Gasteiger partial charge in [-0.2, -0.15) is 5.26 Å². The molecule has 1 heterocycles. The molecule has 0 amide bonds. The van der Waals surface area contributed by atoms with Gasteiger partial charge in [0.1, 0.15) is 11.8 Å². The SMILES string of the molecule is N#Cc1ccc(Oc2ccc(CCNCc3ccccc3)cc2I)nc1. The molecule has 0 atom stereocenters. The van der Waals surface area contributed by atoms with Gasteiger partial charge in [0.25, 0.3) is 0 Å². The Kier molecular flexibility index (Phi) is 6.58. The molecule has 0 aliphatic heterocycles. The predicted molar refractivity (Wildman–Crippen MR) is 110 cm³/mol. The van der Waals surface area contributed by atoms with Crippen LogP contribution in [-0.2, 0) is 13.0 Å². The van der Waals surface area contributed by atoms with Crippen molar-refractivity contribution in [2.24, 2.45) is 0 Å². The summed E-state index contributed by atoms with van der Waals surface area (Å²) in [6, 6.07) is 22.0. The van der Waals surface area contributed by atoms with E-state index in [0.29, 0.717) is 11.4 Å². The molecular weight excluding hydrogens is 437 g/mol. The van der Waals surface area contributed by atoms with Crippen molar-refractivity contribution >= 4 is 22.6 Å². The summed E-state index contributed by atoms with van der Waals surface area (Å²) < 4.78 is 6.84. The molecule has 0 saturated carbocycles. The summed E-state index contributed by atoms with van der Waals surface area (Å²) in [5.41, 5.74) is 3.07. The maximum Gasteiger partial charge on any atom is 0.219 e. The smallest absolute Gasteiger partial charge is 0.219 e. The van der Waals surface area contributed by atoms with E-state index in [-0.39, 0.29) is 0 Å². The predicted octanol–water partition coefficient (Wildman–Crippen LogP) is 4.68. The number of pyridine rings is 1. The van der Waals surface area contributed by atoms with Crippen molar-refractivity contribution in [1.29, 1.82) is 5.26 Å². The van der Waals surface area contributed by atoms with Crippen LogP contribution in [0.4, 0.5) is 0 Å². The summed E-state index contributed by atoms with van der Waals surface area (Å²) in [7, 11) is 0. The molecule has 0 fully saturated rings.